The van der Waals surface area contributed by atoms with Gasteiger partial charge in [-0.25, -0.2) is 9.79 Å². The lowest BCUT2D eigenvalue weighted by Crippen LogP contribution is -2.64. The number of urea groups is 1. The molecule has 3 aliphatic rings. The number of aliphatic imine (C=N–C) groups is 1. The Hall–Kier alpha value is -2.54. The first-order valence-corrected chi connectivity index (χ1v) is 8.92. The number of benzene rings is 1. The fourth-order valence-corrected chi connectivity index (χ4v) is 3.93. The highest BCUT2D eigenvalue weighted by Gasteiger charge is 2.54. The summed E-state index contributed by atoms with van der Waals surface area (Å²) in [5.74, 6) is 0.432. The average Bonchev–Trinajstić information content (AvgIpc) is 3.10. The SMILES string of the molecule is CCN1C(=O)C2C(N=C3N(c4cc(Cl)ccc4C)C(C)=CN32)N(C)C1=O. The van der Waals surface area contributed by atoms with Crippen LogP contribution >= 0.6 is 11.6 Å². The number of fused-ring (bicyclic) bond motifs is 3. The van der Waals surface area contributed by atoms with Gasteiger partial charge in [-0.15, -0.1) is 0 Å². The van der Waals surface area contributed by atoms with Gasteiger partial charge in [0.25, 0.3) is 5.91 Å². The van der Waals surface area contributed by atoms with E-state index in [2.05, 4.69) is 0 Å². The molecule has 4 rings (SSSR count). The molecule has 0 aromatic heterocycles. The third-order valence-electron chi connectivity index (χ3n) is 5.12. The lowest BCUT2D eigenvalue weighted by molar-refractivity contribution is -0.136. The summed E-state index contributed by atoms with van der Waals surface area (Å²) in [5.41, 5.74) is 2.91. The van der Waals surface area contributed by atoms with Crippen LogP contribution in [0.15, 0.2) is 35.1 Å². The van der Waals surface area contributed by atoms with E-state index in [1.807, 2.05) is 48.0 Å². The van der Waals surface area contributed by atoms with Crippen LogP contribution in [-0.2, 0) is 4.79 Å². The third kappa shape index (κ3) is 2.16. The summed E-state index contributed by atoms with van der Waals surface area (Å²) in [6.07, 6.45) is 1.39. The Morgan fingerprint density at radius 2 is 1.96 bits per heavy atom. The normalized spacial score (nSPS) is 24.8. The molecule has 1 saturated heterocycles. The van der Waals surface area contributed by atoms with Crippen LogP contribution in [0.3, 0.4) is 0 Å². The summed E-state index contributed by atoms with van der Waals surface area (Å²) in [6, 6.07) is 4.84. The van der Waals surface area contributed by atoms with Crippen molar-refractivity contribution in [2.24, 2.45) is 4.99 Å². The molecule has 3 aliphatic heterocycles. The third-order valence-corrected chi connectivity index (χ3v) is 5.35. The van der Waals surface area contributed by atoms with Gasteiger partial charge in [-0.1, -0.05) is 17.7 Å². The van der Waals surface area contributed by atoms with Crippen molar-refractivity contribution in [2.75, 3.05) is 18.5 Å². The molecule has 0 saturated carbocycles. The maximum absolute atomic E-state index is 12.9. The number of hydrogen-bond donors (Lipinski definition) is 0. The summed E-state index contributed by atoms with van der Waals surface area (Å²) in [4.78, 5) is 36.7. The van der Waals surface area contributed by atoms with Crippen LogP contribution in [0.4, 0.5) is 10.5 Å². The van der Waals surface area contributed by atoms with Gasteiger partial charge in [-0.3, -0.25) is 14.6 Å². The minimum absolute atomic E-state index is 0.215. The Bertz CT molecular complexity index is 880. The first kappa shape index (κ1) is 16.9. The first-order valence-electron chi connectivity index (χ1n) is 8.54. The number of hydrogen-bond acceptors (Lipinski definition) is 5. The number of allylic oxidation sites excluding steroid dienone is 1. The fraction of sp³-hybridized carbons (Fsp3) is 0.389. The van der Waals surface area contributed by atoms with Crippen LogP contribution in [0.1, 0.15) is 19.4 Å². The van der Waals surface area contributed by atoms with Gasteiger partial charge in [-0.2, -0.15) is 0 Å². The van der Waals surface area contributed by atoms with Gasteiger partial charge in [0.05, 0.1) is 5.69 Å². The average molecular weight is 374 g/mol. The van der Waals surface area contributed by atoms with Gasteiger partial charge in [0, 0.05) is 30.5 Å². The molecular weight excluding hydrogens is 354 g/mol. The minimum Gasteiger partial charge on any atom is -0.302 e. The fourth-order valence-electron chi connectivity index (χ4n) is 3.77. The van der Waals surface area contributed by atoms with Crippen LogP contribution in [0.5, 0.6) is 0 Å². The van der Waals surface area contributed by atoms with Crippen LogP contribution < -0.4 is 4.90 Å². The number of guanidine groups is 1. The number of halogens is 1. The molecule has 1 aromatic carbocycles. The number of nitrogens with zero attached hydrogens (tertiary/aromatic N) is 5. The molecule has 1 aromatic rings. The topological polar surface area (TPSA) is 59.5 Å². The Balaban J connectivity index is 1.79. The smallest absolute Gasteiger partial charge is 0.302 e. The number of likely N-dealkylation sites (N-methyl/N-ethyl adjacent to an activating group) is 2. The van der Waals surface area contributed by atoms with Crippen LogP contribution in [0, 0.1) is 6.92 Å². The van der Waals surface area contributed by atoms with Crippen molar-refractivity contribution in [2.45, 2.75) is 33.0 Å². The summed E-state index contributed by atoms with van der Waals surface area (Å²) >= 11 is 6.20. The van der Waals surface area contributed by atoms with Gasteiger partial charge in [0.2, 0.25) is 5.96 Å². The Labute approximate surface area is 157 Å². The second-order valence-electron chi connectivity index (χ2n) is 6.71. The quantitative estimate of drug-likeness (QED) is 0.799. The van der Waals surface area contributed by atoms with Crippen molar-refractivity contribution in [3.8, 4) is 0 Å². The molecule has 0 bridgehead atoms. The standard InChI is InChI=1S/C18H20ClN5O2/c1-5-22-16(25)14-15(21(4)18(22)26)20-17-23(14)9-11(3)24(17)13-8-12(19)7-6-10(13)2/h6-9,14-15H,5H2,1-4H3. The molecule has 7 nitrogen and oxygen atoms in total. The number of rotatable bonds is 2. The highest BCUT2D eigenvalue weighted by atomic mass is 35.5. The van der Waals surface area contributed by atoms with E-state index < -0.39 is 12.2 Å². The van der Waals surface area contributed by atoms with Gasteiger partial charge in [0.1, 0.15) is 0 Å². The summed E-state index contributed by atoms with van der Waals surface area (Å²) < 4.78 is 0. The van der Waals surface area contributed by atoms with Crippen LogP contribution in [0.2, 0.25) is 5.02 Å². The van der Waals surface area contributed by atoms with Crippen LogP contribution in [-0.4, -0.2) is 58.4 Å². The maximum atomic E-state index is 12.9. The molecule has 3 heterocycles. The van der Waals surface area contributed by atoms with Crippen molar-refractivity contribution in [1.82, 2.24) is 14.7 Å². The van der Waals surface area contributed by atoms with E-state index in [1.165, 1.54) is 9.80 Å². The Morgan fingerprint density at radius 1 is 1.23 bits per heavy atom. The molecule has 1 fully saturated rings. The number of carbonyl (C=O) groups excluding carboxylic acids is 2. The van der Waals surface area contributed by atoms with Gasteiger partial charge in [-0.05, 0) is 38.5 Å². The Kier molecular flexibility index (Phi) is 3.73. The maximum Gasteiger partial charge on any atom is 0.328 e. The number of imide groups is 1. The largest absolute Gasteiger partial charge is 0.328 e. The van der Waals surface area contributed by atoms with E-state index in [1.54, 1.807) is 14.0 Å². The zero-order valence-electron chi connectivity index (χ0n) is 15.1. The highest BCUT2D eigenvalue weighted by Crippen LogP contribution is 2.38. The van der Waals surface area contributed by atoms with E-state index in [0.29, 0.717) is 17.5 Å². The molecule has 0 radical (unpaired) electrons. The lowest BCUT2D eigenvalue weighted by atomic mass is 10.1. The van der Waals surface area contributed by atoms with Crippen LogP contribution in [0.25, 0.3) is 0 Å². The van der Waals surface area contributed by atoms with E-state index in [4.69, 9.17) is 16.6 Å². The predicted octanol–water partition coefficient (Wildman–Crippen LogP) is 2.61. The minimum atomic E-state index is -0.535. The second kappa shape index (κ2) is 5.74. The van der Waals surface area contributed by atoms with E-state index in [-0.39, 0.29) is 11.9 Å². The zero-order chi connectivity index (χ0) is 18.7. The summed E-state index contributed by atoms with van der Waals surface area (Å²) in [7, 11) is 1.69. The van der Waals surface area contributed by atoms with Gasteiger partial charge >= 0.3 is 6.03 Å². The second-order valence-corrected chi connectivity index (χ2v) is 7.14. The molecule has 2 atom stereocenters. The number of anilines is 1. The number of amides is 3. The molecule has 8 heteroatoms. The Morgan fingerprint density at radius 3 is 2.65 bits per heavy atom. The molecule has 26 heavy (non-hydrogen) atoms. The van der Waals surface area contributed by atoms with Crippen molar-refractivity contribution in [1.29, 1.82) is 0 Å². The van der Waals surface area contributed by atoms with Gasteiger partial charge in [0.15, 0.2) is 12.2 Å². The number of aryl methyl sites for hydroxylation is 1. The van der Waals surface area contributed by atoms with E-state index >= 15 is 0 Å². The van der Waals surface area contributed by atoms with Crippen molar-refractivity contribution in [3.05, 3.63) is 40.7 Å². The molecule has 0 spiro atoms. The monoisotopic (exact) mass is 373 g/mol. The van der Waals surface area contributed by atoms with E-state index in [9.17, 15) is 9.59 Å². The molecular formula is C18H20ClN5O2. The molecule has 0 N–H and O–H groups in total. The van der Waals surface area contributed by atoms with Gasteiger partial charge < -0.3 is 9.80 Å². The molecule has 0 aliphatic carbocycles. The first-order chi connectivity index (χ1) is 12.3. The molecule has 3 amide bonds. The molecule has 2 unspecified atom stereocenters. The van der Waals surface area contributed by atoms with Crippen molar-refractivity contribution in [3.63, 3.8) is 0 Å². The van der Waals surface area contributed by atoms with E-state index in [0.717, 1.165) is 16.9 Å². The highest BCUT2D eigenvalue weighted by molar-refractivity contribution is 6.31. The summed E-state index contributed by atoms with van der Waals surface area (Å²) in [5, 5.41) is 0.633. The lowest BCUT2D eigenvalue weighted by Gasteiger charge is -2.39. The summed E-state index contributed by atoms with van der Waals surface area (Å²) in [6.45, 7) is 6.11. The predicted molar refractivity (Wildman–Crippen MR) is 99.8 cm³/mol. The number of carbonyl (C=O) groups is 2. The zero-order valence-corrected chi connectivity index (χ0v) is 15.9. The van der Waals surface area contributed by atoms with Crippen molar-refractivity contribution >= 4 is 35.2 Å². The van der Waals surface area contributed by atoms with Crippen molar-refractivity contribution < 1.29 is 9.59 Å². The molecule has 136 valence electrons.